The molecule has 0 aromatic heterocycles. The highest BCUT2D eigenvalue weighted by Crippen LogP contribution is 2.15. The van der Waals surface area contributed by atoms with Crippen LogP contribution < -0.4 is 0 Å². The normalized spacial score (nSPS) is 12.8. The second-order valence-corrected chi connectivity index (χ2v) is 20.6. The zero-order valence-electron chi connectivity index (χ0n) is 49.0. The maximum Gasteiger partial charge on any atom is 0.306 e. The first-order chi connectivity index (χ1) is 37.0. The van der Waals surface area contributed by atoms with Gasteiger partial charge in [-0.2, -0.15) is 0 Å². The van der Waals surface area contributed by atoms with Crippen LogP contribution in [-0.2, 0) is 28.6 Å². The summed E-state index contributed by atoms with van der Waals surface area (Å²) in [6, 6.07) is 0. The van der Waals surface area contributed by atoms with Crippen LogP contribution in [0.1, 0.15) is 290 Å². The van der Waals surface area contributed by atoms with Crippen molar-refractivity contribution in [2.24, 2.45) is 0 Å². The van der Waals surface area contributed by atoms with Crippen molar-refractivity contribution in [3.63, 3.8) is 0 Å². The summed E-state index contributed by atoms with van der Waals surface area (Å²) >= 11 is 0. The summed E-state index contributed by atoms with van der Waals surface area (Å²) in [6.07, 6.45) is 85.1. The molecule has 0 aromatic rings. The van der Waals surface area contributed by atoms with Crippen LogP contribution >= 0.6 is 0 Å². The van der Waals surface area contributed by atoms with Crippen LogP contribution in [0.25, 0.3) is 0 Å². The number of hydrogen-bond acceptors (Lipinski definition) is 6. The lowest BCUT2D eigenvalue weighted by Crippen LogP contribution is -2.30. The Morgan fingerprint density at radius 2 is 0.520 bits per heavy atom. The van der Waals surface area contributed by atoms with Gasteiger partial charge in [0.25, 0.3) is 0 Å². The van der Waals surface area contributed by atoms with E-state index in [2.05, 4.69) is 130 Å². The Labute approximate surface area is 463 Å². The van der Waals surface area contributed by atoms with E-state index in [1.54, 1.807) is 0 Å². The van der Waals surface area contributed by atoms with E-state index in [1.165, 1.54) is 116 Å². The number of carbonyl (C=O) groups is 3. The standard InChI is InChI=1S/C69H116O6/c1-4-7-10-13-16-19-22-25-28-30-31-32-33-34-35-36-37-38-39-40-42-44-47-50-53-56-59-62-68(71)74-65-66(64-73-67(70)61-58-55-52-49-46-43-27-24-21-18-15-12-9-6-3)75-69(72)63-60-57-54-51-48-45-41-29-26-23-20-17-14-11-8-5-2/h7,10,16,19-20,23-25,27-29,31-32,34-35,37-38,41,66H,4-6,8-9,11-15,17-18,21-22,26,30,33,36,39-40,42-65H2,1-3H3/b10-7-,19-16-,23-20-,27-24-,28-25-,32-31-,35-34-,38-37-,41-29-. The highest BCUT2D eigenvalue weighted by Gasteiger charge is 2.19. The first-order valence-corrected chi connectivity index (χ1v) is 31.4. The zero-order valence-corrected chi connectivity index (χ0v) is 49.0. The molecule has 0 spiro atoms. The molecule has 428 valence electrons. The summed E-state index contributed by atoms with van der Waals surface area (Å²) in [5, 5.41) is 0. The molecule has 1 unspecified atom stereocenters. The van der Waals surface area contributed by atoms with Crippen LogP contribution in [0, 0.1) is 0 Å². The minimum Gasteiger partial charge on any atom is -0.462 e. The molecule has 0 aliphatic carbocycles. The summed E-state index contributed by atoms with van der Waals surface area (Å²) in [5.41, 5.74) is 0. The Hall–Kier alpha value is -3.93. The van der Waals surface area contributed by atoms with E-state index in [4.69, 9.17) is 14.2 Å². The predicted molar refractivity (Wildman–Crippen MR) is 325 cm³/mol. The van der Waals surface area contributed by atoms with E-state index in [0.29, 0.717) is 19.3 Å². The fourth-order valence-corrected chi connectivity index (χ4v) is 8.53. The number of rotatable bonds is 56. The van der Waals surface area contributed by atoms with Crippen molar-refractivity contribution in [1.29, 1.82) is 0 Å². The van der Waals surface area contributed by atoms with Gasteiger partial charge >= 0.3 is 17.9 Å². The summed E-state index contributed by atoms with van der Waals surface area (Å²) in [5.74, 6) is -0.916. The Kier molecular flexibility index (Phi) is 59.3. The van der Waals surface area contributed by atoms with E-state index < -0.39 is 6.10 Å². The first-order valence-electron chi connectivity index (χ1n) is 31.4. The van der Waals surface area contributed by atoms with E-state index in [0.717, 1.165) is 135 Å². The molecule has 0 heterocycles. The third-order valence-electron chi connectivity index (χ3n) is 13.2. The Bertz CT molecular complexity index is 1520. The quantitative estimate of drug-likeness (QED) is 0.0261. The molecule has 1 atom stereocenters. The number of esters is 3. The molecule has 0 saturated heterocycles. The van der Waals surface area contributed by atoms with Gasteiger partial charge in [-0.1, -0.05) is 252 Å². The third-order valence-corrected chi connectivity index (χ3v) is 13.2. The second kappa shape index (κ2) is 62.6. The van der Waals surface area contributed by atoms with Crippen LogP contribution in [0.4, 0.5) is 0 Å². The van der Waals surface area contributed by atoms with Gasteiger partial charge in [0.15, 0.2) is 6.10 Å². The largest absolute Gasteiger partial charge is 0.462 e. The summed E-state index contributed by atoms with van der Waals surface area (Å²) < 4.78 is 16.9. The van der Waals surface area contributed by atoms with Crippen LogP contribution in [0.5, 0.6) is 0 Å². The van der Waals surface area contributed by atoms with Gasteiger partial charge in [0, 0.05) is 19.3 Å². The van der Waals surface area contributed by atoms with Crippen molar-refractivity contribution in [2.75, 3.05) is 13.2 Å². The Balaban J connectivity index is 4.36. The van der Waals surface area contributed by atoms with Crippen molar-refractivity contribution >= 4 is 17.9 Å². The van der Waals surface area contributed by atoms with Gasteiger partial charge in [-0.05, 0) is 128 Å². The Morgan fingerprint density at radius 1 is 0.280 bits per heavy atom. The molecule has 0 N–H and O–H groups in total. The fraction of sp³-hybridized carbons (Fsp3) is 0.696. The first kappa shape index (κ1) is 71.1. The van der Waals surface area contributed by atoms with Gasteiger partial charge in [0.2, 0.25) is 0 Å². The van der Waals surface area contributed by atoms with Gasteiger partial charge in [0.1, 0.15) is 13.2 Å². The highest BCUT2D eigenvalue weighted by molar-refractivity contribution is 5.71. The summed E-state index contributed by atoms with van der Waals surface area (Å²) in [7, 11) is 0. The van der Waals surface area contributed by atoms with Gasteiger partial charge in [0.05, 0.1) is 0 Å². The van der Waals surface area contributed by atoms with E-state index in [1.807, 2.05) is 0 Å². The van der Waals surface area contributed by atoms with Gasteiger partial charge < -0.3 is 14.2 Å². The van der Waals surface area contributed by atoms with Crippen LogP contribution in [0.2, 0.25) is 0 Å². The SMILES string of the molecule is CC/C=C\C/C=C\C/C=C\C/C=C\C/C=C\C/C=C\CCCCCCCCCCC(=O)OCC(COC(=O)CCCCCCC/C=C\CCCCCCC)OC(=O)CCCCCCC/C=C\C/C=C\CCCCCC. The molecule has 0 fully saturated rings. The Morgan fingerprint density at radius 3 is 0.840 bits per heavy atom. The van der Waals surface area contributed by atoms with E-state index in [9.17, 15) is 14.4 Å². The van der Waals surface area contributed by atoms with E-state index >= 15 is 0 Å². The van der Waals surface area contributed by atoms with Crippen molar-refractivity contribution in [1.82, 2.24) is 0 Å². The number of ether oxygens (including phenoxy) is 3. The lowest BCUT2D eigenvalue weighted by molar-refractivity contribution is -0.167. The number of hydrogen-bond donors (Lipinski definition) is 0. The van der Waals surface area contributed by atoms with E-state index in [-0.39, 0.29) is 31.1 Å². The number of unbranched alkanes of at least 4 members (excludes halogenated alkanes) is 27. The van der Waals surface area contributed by atoms with Crippen LogP contribution in [0.15, 0.2) is 109 Å². The van der Waals surface area contributed by atoms with Crippen molar-refractivity contribution in [3.05, 3.63) is 109 Å². The number of allylic oxidation sites excluding steroid dienone is 18. The molecule has 0 saturated carbocycles. The molecule has 0 aliphatic heterocycles. The van der Waals surface area contributed by atoms with Crippen LogP contribution in [-0.4, -0.2) is 37.2 Å². The van der Waals surface area contributed by atoms with Crippen molar-refractivity contribution < 1.29 is 28.6 Å². The molecular weight excluding hydrogens is 925 g/mol. The summed E-state index contributed by atoms with van der Waals surface area (Å²) in [4.78, 5) is 38.3. The minimum atomic E-state index is -0.795. The van der Waals surface area contributed by atoms with Crippen molar-refractivity contribution in [3.8, 4) is 0 Å². The van der Waals surface area contributed by atoms with Gasteiger partial charge in [-0.15, -0.1) is 0 Å². The van der Waals surface area contributed by atoms with Gasteiger partial charge in [-0.25, -0.2) is 0 Å². The highest BCUT2D eigenvalue weighted by atomic mass is 16.6. The topological polar surface area (TPSA) is 78.9 Å². The lowest BCUT2D eigenvalue weighted by Gasteiger charge is -2.18. The summed E-state index contributed by atoms with van der Waals surface area (Å²) in [6.45, 7) is 6.49. The molecule has 6 nitrogen and oxygen atoms in total. The smallest absolute Gasteiger partial charge is 0.306 e. The average Bonchev–Trinajstić information content (AvgIpc) is 3.41. The average molecular weight is 1040 g/mol. The monoisotopic (exact) mass is 1040 g/mol. The molecular formula is C69H116O6. The second-order valence-electron chi connectivity index (χ2n) is 20.6. The minimum absolute atomic E-state index is 0.0908. The molecule has 6 heteroatoms. The molecule has 0 bridgehead atoms. The molecule has 75 heavy (non-hydrogen) atoms. The number of carbonyl (C=O) groups excluding carboxylic acids is 3. The lowest BCUT2D eigenvalue weighted by atomic mass is 10.1. The fourth-order valence-electron chi connectivity index (χ4n) is 8.53. The van der Waals surface area contributed by atoms with Crippen molar-refractivity contribution in [2.45, 2.75) is 297 Å². The molecule has 0 aliphatic rings. The molecule has 0 aromatic carbocycles. The maximum atomic E-state index is 12.9. The third kappa shape index (κ3) is 60.8. The zero-order chi connectivity index (χ0) is 54.3. The molecule has 0 amide bonds. The predicted octanol–water partition coefficient (Wildman–Crippen LogP) is 21.4. The van der Waals surface area contributed by atoms with Gasteiger partial charge in [-0.3, -0.25) is 14.4 Å². The maximum absolute atomic E-state index is 12.9. The van der Waals surface area contributed by atoms with Crippen LogP contribution in [0.3, 0.4) is 0 Å². The molecule has 0 rings (SSSR count). The molecule has 0 radical (unpaired) electrons.